The number of nitrogens with zero attached hydrogens (tertiary/aromatic N) is 2. The van der Waals surface area contributed by atoms with Crippen LogP contribution in [0.5, 0.6) is 0 Å². The first-order chi connectivity index (χ1) is 9.15. The Balaban J connectivity index is 2.05. The van der Waals surface area contributed by atoms with Crippen molar-refractivity contribution in [3.8, 4) is 0 Å². The maximum atomic E-state index is 11.4. The molecule has 1 N–H and O–H groups in total. The van der Waals surface area contributed by atoms with Crippen LogP contribution in [0.2, 0.25) is 0 Å². The molecule has 0 saturated heterocycles. The van der Waals surface area contributed by atoms with Crippen LogP contribution < -0.4 is 5.32 Å². The minimum Gasteiger partial charge on any atom is -0.464 e. The number of methoxy groups -OCH3 is 1. The van der Waals surface area contributed by atoms with E-state index < -0.39 is 5.97 Å². The normalized spacial score (nSPS) is 26.2. The fraction of sp³-hybridized carbons (Fsp3) is 0.643. The van der Waals surface area contributed by atoms with Gasteiger partial charge in [0.1, 0.15) is 5.82 Å². The zero-order chi connectivity index (χ0) is 13.8. The van der Waals surface area contributed by atoms with Crippen LogP contribution in [0.15, 0.2) is 12.4 Å². The first-order valence-corrected chi connectivity index (χ1v) is 6.82. The first kappa shape index (κ1) is 13.8. The molecule has 19 heavy (non-hydrogen) atoms. The van der Waals surface area contributed by atoms with Gasteiger partial charge in [0.15, 0.2) is 5.69 Å². The van der Waals surface area contributed by atoms with Crippen molar-refractivity contribution in [3.05, 3.63) is 18.1 Å². The molecule has 1 aliphatic rings. The summed E-state index contributed by atoms with van der Waals surface area (Å²) in [6, 6.07) is 0.409. The van der Waals surface area contributed by atoms with Gasteiger partial charge in [-0.15, -0.1) is 0 Å². The second-order valence-electron chi connectivity index (χ2n) is 5.14. The summed E-state index contributed by atoms with van der Waals surface area (Å²) < 4.78 is 4.65. The molecule has 1 heterocycles. The van der Waals surface area contributed by atoms with Gasteiger partial charge in [-0.3, -0.25) is 4.98 Å². The maximum Gasteiger partial charge on any atom is 0.358 e. The lowest BCUT2D eigenvalue weighted by molar-refractivity contribution is 0.0593. The molecule has 0 bridgehead atoms. The van der Waals surface area contributed by atoms with Crippen molar-refractivity contribution in [2.24, 2.45) is 11.8 Å². The quantitative estimate of drug-likeness (QED) is 0.845. The summed E-state index contributed by atoms with van der Waals surface area (Å²) in [6.45, 7) is 4.51. The van der Waals surface area contributed by atoms with E-state index in [-0.39, 0.29) is 5.69 Å². The number of nitrogens with one attached hydrogen (secondary N) is 1. The molecule has 5 heteroatoms. The van der Waals surface area contributed by atoms with Crippen molar-refractivity contribution in [2.45, 2.75) is 39.2 Å². The van der Waals surface area contributed by atoms with Crippen LogP contribution in [0.3, 0.4) is 0 Å². The Bertz CT molecular complexity index is 450. The van der Waals surface area contributed by atoms with E-state index >= 15 is 0 Å². The molecule has 0 spiro atoms. The van der Waals surface area contributed by atoms with Crippen LogP contribution in [0, 0.1) is 11.8 Å². The Morgan fingerprint density at radius 3 is 2.89 bits per heavy atom. The topological polar surface area (TPSA) is 64.1 Å². The van der Waals surface area contributed by atoms with E-state index in [9.17, 15) is 4.79 Å². The van der Waals surface area contributed by atoms with Crippen molar-refractivity contribution in [1.29, 1.82) is 0 Å². The van der Waals surface area contributed by atoms with Crippen molar-refractivity contribution in [1.82, 2.24) is 9.97 Å². The summed E-state index contributed by atoms with van der Waals surface area (Å²) >= 11 is 0. The van der Waals surface area contributed by atoms with Crippen molar-refractivity contribution in [2.75, 3.05) is 12.4 Å². The Kier molecular flexibility index (Phi) is 4.35. The number of aromatic nitrogens is 2. The number of esters is 1. The zero-order valence-electron chi connectivity index (χ0n) is 11.7. The molecular weight excluding hydrogens is 242 g/mol. The van der Waals surface area contributed by atoms with Gasteiger partial charge in [0.2, 0.25) is 0 Å². The molecule has 1 saturated carbocycles. The van der Waals surface area contributed by atoms with Crippen molar-refractivity contribution >= 4 is 11.8 Å². The first-order valence-electron chi connectivity index (χ1n) is 6.82. The Morgan fingerprint density at radius 2 is 2.26 bits per heavy atom. The Labute approximate surface area is 113 Å². The summed E-state index contributed by atoms with van der Waals surface area (Å²) in [4.78, 5) is 19.7. The fourth-order valence-electron chi connectivity index (χ4n) is 2.86. The second kappa shape index (κ2) is 5.99. The molecule has 0 amide bonds. The average molecular weight is 263 g/mol. The third-order valence-electron chi connectivity index (χ3n) is 4.11. The molecule has 0 aliphatic heterocycles. The molecule has 3 unspecified atom stereocenters. The van der Waals surface area contributed by atoms with Crippen LogP contribution in [0.25, 0.3) is 0 Å². The molecule has 1 aromatic rings. The average Bonchev–Trinajstić information content (AvgIpc) is 2.79. The minimum absolute atomic E-state index is 0.241. The maximum absolute atomic E-state index is 11.4. The van der Waals surface area contributed by atoms with Gasteiger partial charge in [0.05, 0.1) is 19.5 Å². The van der Waals surface area contributed by atoms with Gasteiger partial charge < -0.3 is 10.1 Å². The Morgan fingerprint density at radius 1 is 1.47 bits per heavy atom. The predicted molar refractivity (Wildman–Crippen MR) is 73.0 cm³/mol. The minimum atomic E-state index is -0.456. The van der Waals surface area contributed by atoms with Gasteiger partial charge >= 0.3 is 5.97 Å². The van der Waals surface area contributed by atoms with Gasteiger partial charge in [-0.25, -0.2) is 9.78 Å². The van der Waals surface area contributed by atoms with Gasteiger partial charge in [-0.05, 0) is 24.7 Å². The lowest BCUT2D eigenvalue weighted by Gasteiger charge is -2.21. The molecule has 2 rings (SSSR count). The van der Waals surface area contributed by atoms with Gasteiger partial charge in [0, 0.05) is 6.04 Å². The monoisotopic (exact) mass is 263 g/mol. The molecule has 5 nitrogen and oxygen atoms in total. The smallest absolute Gasteiger partial charge is 0.358 e. The van der Waals surface area contributed by atoms with Crippen LogP contribution >= 0.6 is 0 Å². The molecular formula is C14H21N3O2. The van der Waals surface area contributed by atoms with Crippen molar-refractivity contribution in [3.63, 3.8) is 0 Å². The van der Waals surface area contributed by atoms with Crippen LogP contribution in [-0.4, -0.2) is 29.1 Å². The Hall–Kier alpha value is -1.65. The number of rotatable bonds is 4. The molecule has 1 aromatic heterocycles. The molecule has 1 aliphatic carbocycles. The van der Waals surface area contributed by atoms with Crippen LogP contribution in [-0.2, 0) is 4.74 Å². The van der Waals surface area contributed by atoms with E-state index in [0.29, 0.717) is 17.8 Å². The van der Waals surface area contributed by atoms with E-state index in [1.807, 2.05) is 0 Å². The number of hydrogen-bond acceptors (Lipinski definition) is 5. The highest BCUT2D eigenvalue weighted by Gasteiger charge is 2.31. The summed E-state index contributed by atoms with van der Waals surface area (Å²) in [7, 11) is 1.34. The summed E-state index contributed by atoms with van der Waals surface area (Å²) in [5.41, 5.74) is 0.241. The van der Waals surface area contributed by atoms with E-state index in [4.69, 9.17) is 0 Å². The molecule has 0 aromatic carbocycles. The SMILES string of the molecule is CCC1CCC(Nc2cncc(C(=O)OC)n2)C1C. The zero-order valence-corrected chi connectivity index (χ0v) is 11.7. The van der Waals surface area contributed by atoms with Crippen molar-refractivity contribution < 1.29 is 9.53 Å². The van der Waals surface area contributed by atoms with E-state index in [1.54, 1.807) is 6.20 Å². The lowest BCUT2D eigenvalue weighted by atomic mass is 9.93. The van der Waals surface area contributed by atoms with E-state index in [0.717, 1.165) is 12.3 Å². The third-order valence-corrected chi connectivity index (χ3v) is 4.11. The highest BCUT2D eigenvalue weighted by atomic mass is 16.5. The van der Waals surface area contributed by atoms with Gasteiger partial charge in [-0.1, -0.05) is 20.3 Å². The molecule has 104 valence electrons. The van der Waals surface area contributed by atoms with Gasteiger partial charge in [-0.2, -0.15) is 0 Å². The standard InChI is InChI=1S/C14H21N3O2/c1-4-10-5-6-11(9(10)2)16-13-8-15-7-12(17-13)14(18)19-3/h7-11H,4-6H2,1-3H3,(H,16,17). The lowest BCUT2D eigenvalue weighted by Crippen LogP contribution is -2.25. The summed E-state index contributed by atoms with van der Waals surface area (Å²) in [5, 5.41) is 3.39. The number of carbonyl (C=O) groups excluding carboxylic acids is 1. The van der Waals surface area contributed by atoms with Gasteiger partial charge in [0.25, 0.3) is 0 Å². The molecule has 3 atom stereocenters. The predicted octanol–water partition coefficient (Wildman–Crippen LogP) is 2.50. The van der Waals surface area contributed by atoms with E-state index in [2.05, 4.69) is 33.9 Å². The molecule has 1 fully saturated rings. The number of ether oxygens (including phenoxy) is 1. The third kappa shape index (κ3) is 3.03. The largest absolute Gasteiger partial charge is 0.464 e. The van der Waals surface area contributed by atoms with Crippen LogP contribution in [0.4, 0.5) is 5.82 Å². The molecule has 0 radical (unpaired) electrons. The number of hydrogen-bond donors (Lipinski definition) is 1. The second-order valence-corrected chi connectivity index (χ2v) is 5.14. The summed E-state index contributed by atoms with van der Waals surface area (Å²) in [6.07, 6.45) is 6.68. The van der Waals surface area contributed by atoms with E-state index in [1.165, 1.54) is 26.1 Å². The number of anilines is 1. The summed E-state index contributed by atoms with van der Waals surface area (Å²) in [5.74, 6) is 1.58. The fourth-order valence-corrected chi connectivity index (χ4v) is 2.86. The van der Waals surface area contributed by atoms with Crippen LogP contribution in [0.1, 0.15) is 43.6 Å². The highest BCUT2D eigenvalue weighted by Crippen LogP contribution is 2.35. The highest BCUT2D eigenvalue weighted by molar-refractivity contribution is 5.87. The number of carbonyl (C=O) groups is 1.